The molecular weight excluding hydrogens is 412 g/mol. The van der Waals surface area contributed by atoms with E-state index in [4.69, 9.17) is 5.84 Å². The predicted octanol–water partition coefficient (Wildman–Crippen LogP) is 3.05. The topological polar surface area (TPSA) is 115 Å². The maximum atomic E-state index is 12.3. The van der Waals surface area contributed by atoms with Gasteiger partial charge in [-0.15, -0.1) is 10.2 Å². The summed E-state index contributed by atoms with van der Waals surface area (Å²) in [4.78, 5) is 23.8. The van der Waals surface area contributed by atoms with Gasteiger partial charge in [0.15, 0.2) is 5.82 Å². The third kappa shape index (κ3) is 5.43. The fourth-order valence-electron chi connectivity index (χ4n) is 2.87. The van der Waals surface area contributed by atoms with E-state index in [9.17, 15) is 9.59 Å². The summed E-state index contributed by atoms with van der Waals surface area (Å²) in [6, 6.07) is 14.7. The first-order valence-corrected chi connectivity index (χ1v) is 10.7. The third-order valence-corrected chi connectivity index (χ3v) is 5.61. The number of anilines is 1. The molecule has 0 aliphatic carbocycles. The van der Waals surface area contributed by atoms with Gasteiger partial charge in [0.1, 0.15) is 0 Å². The lowest BCUT2D eigenvalue weighted by atomic mass is 9.87. The van der Waals surface area contributed by atoms with Gasteiger partial charge in [-0.3, -0.25) is 9.59 Å². The quantitative estimate of drug-likeness (QED) is 0.402. The molecule has 3 aromatic rings. The molecule has 0 spiro atoms. The summed E-state index contributed by atoms with van der Waals surface area (Å²) in [6.07, 6.45) is 0. The van der Waals surface area contributed by atoms with Crippen molar-refractivity contribution in [3.8, 4) is 11.4 Å². The molecule has 1 aromatic heterocycles. The van der Waals surface area contributed by atoms with Crippen LogP contribution in [-0.2, 0) is 10.2 Å². The first-order valence-electron chi connectivity index (χ1n) is 9.75. The van der Waals surface area contributed by atoms with E-state index in [-0.39, 0.29) is 23.0 Å². The minimum absolute atomic E-state index is 0.0615. The number of nitrogens with zero attached hydrogens (tertiary/aromatic N) is 3. The van der Waals surface area contributed by atoms with Gasteiger partial charge >= 0.3 is 0 Å². The van der Waals surface area contributed by atoms with Gasteiger partial charge in [0, 0.05) is 23.9 Å². The average Bonchev–Trinajstić information content (AvgIpc) is 3.12. The van der Waals surface area contributed by atoms with Crippen LogP contribution in [-0.4, -0.2) is 39.5 Å². The second-order valence-corrected chi connectivity index (χ2v) is 8.94. The lowest BCUT2D eigenvalue weighted by molar-refractivity contribution is -0.113. The van der Waals surface area contributed by atoms with Crippen LogP contribution < -0.4 is 16.5 Å². The van der Waals surface area contributed by atoms with Crippen molar-refractivity contribution >= 4 is 29.3 Å². The van der Waals surface area contributed by atoms with Gasteiger partial charge in [0.2, 0.25) is 11.1 Å². The third-order valence-electron chi connectivity index (χ3n) is 4.66. The molecule has 31 heavy (non-hydrogen) atoms. The number of amides is 2. The van der Waals surface area contributed by atoms with Crippen molar-refractivity contribution in [2.45, 2.75) is 31.3 Å². The van der Waals surface area contributed by atoms with Crippen LogP contribution in [0.1, 0.15) is 36.7 Å². The van der Waals surface area contributed by atoms with Gasteiger partial charge in [-0.25, -0.2) is 4.68 Å². The summed E-state index contributed by atoms with van der Waals surface area (Å²) in [5.74, 6) is 6.42. The van der Waals surface area contributed by atoms with Crippen LogP contribution in [0.25, 0.3) is 11.4 Å². The number of nitrogen functional groups attached to an aromatic ring is 1. The maximum absolute atomic E-state index is 12.3. The molecule has 3 rings (SSSR count). The molecule has 0 radical (unpaired) electrons. The number of carbonyl (C=O) groups excluding carboxylic acids is 2. The smallest absolute Gasteiger partial charge is 0.251 e. The van der Waals surface area contributed by atoms with E-state index in [1.54, 1.807) is 31.3 Å². The number of rotatable bonds is 6. The zero-order valence-electron chi connectivity index (χ0n) is 18.0. The monoisotopic (exact) mass is 438 g/mol. The van der Waals surface area contributed by atoms with E-state index < -0.39 is 0 Å². The molecule has 4 N–H and O–H groups in total. The molecule has 0 aliphatic heterocycles. The molecule has 0 bridgehead atoms. The van der Waals surface area contributed by atoms with E-state index in [2.05, 4.69) is 53.7 Å². The molecule has 0 fully saturated rings. The van der Waals surface area contributed by atoms with Gasteiger partial charge in [0.05, 0.1) is 5.75 Å². The number of aromatic nitrogens is 3. The fraction of sp³-hybridized carbons (Fsp3) is 0.273. The number of hydrogen-bond donors (Lipinski definition) is 3. The highest BCUT2D eigenvalue weighted by atomic mass is 32.2. The molecule has 0 aliphatic rings. The summed E-state index contributed by atoms with van der Waals surface area (Å²) in [6.45, 7) is 6.47. The van der Waals surface area contributed by atoms with Gasteiger partial charge in [-0.05, 0) is 35.2 Å². The first-order chi connectivity index (χ1) is 14.7. The SMILES string of the molecule is CNC(=O)c1ccc(NC(=O)CSc2nnc(-c3ccc(C(C)(C)C)cc3)n2N)cc1. The maximum Gasteiger partial charge on any atom is 0.251 e. The molecule has 2 amide bonds. The fourth-order valence-corrected chi connectivity index (χ4v) is 3.52. The Bertz CT molecular complexity index is 1070. The van der Waals surface area contributed by atoms with Crippen molar-refractivity contribution in [1.82, 2.24) is 20.2 Å². The van der Waals surface area contributed by atoms with Crippen LogP contribution in [0.15, 0.2) is 53.7 Å². The Kier molecular flexibility index (Phi) is 6.65. The second kappa shape index (κ2) is 9.22. The summed E-state index contributed by atoms with van der Waals surface area (Å²) < 4.78 is 1.39. The standard InChI is InChI=1S/C22H26N6O2S/c1-22(2,3)16-9-5-14(6-10-16)19-26-27-21(28(19)23)31-13-18(29)25-17-11-7-15(8-12-17)20(30)24-4/h5-12H,13,23H2,1-4H3,(H,24,30)(H,25,29). The van der Waals surface area contributed by atoms with Crippen LogP contribution >= 0.6 is 11.8 Å². The van der Waals surface area contributed by atoms with E-state index in [0.717, 1.165) is 5.56 Å². The van der Waals surface area contributed by atoms with E-state index in [0.29, 0.717) is 22.2 Å². The van der Waals surface area contributed by atoms with Crippen molar-refractivity contribution in [3.05, 3.63) is 59.7 Å². The summed E-state index contributed by atoms with van der Waals surface area (Å²) in [5.41, 5.74) is 3.26. The van der Waals surface area contributed by atoms with Crippen molar-refractivity contribution in [2.24, 2.45) is 0 Å². The molecule has 2 aromatic carbocycles. The molecule has 1 heterocycles. The summed E-state index contributed by atoms with van der Waals surface area (Å²) >= 11 is 1.20. The normalized spacial score (nSPS) is 11.2. The molecule has 0 saturated carbocycles. The lowest BCUT2D eigenvalue weighted by Gasteiger charge is -2.19. The van der Waals surface area contributed by atoms with Crippen LogP contribution in [0.3, 0.4) is 0 Å². The van der Waals surface area contributed by atoms with Crippen molar-refractivity contribution in [2.75, 3.05) is 24.0 Å². The van der Waals surface area contributed by atoms with Gasteiger partial charge in [-0.1, -0.05) is 56.8 Å². The number of nitrogens with two attached hydrogens (primary N) is 1. The van der Waals surface area contributed by atoms with Crippen molar-refractivity contribution in [1.29, 1.82) is 0 Å². The van der Waals surface area contributed by atoms with Crippen molar-refractivity contribution < 1.29 is 9.59 Å². The predicted molar refractivity (Wildman–Crippen MR) is 123 cm³/mol. The minimum Gasteiger partial charge on any atom is -0.355 e. The molecule has 0 saturated heterocycles. The first kappa shape index (κ1) is 22.4. The van der Waals surface area contributed by atoms with Crippen LogP contribution in [0.4, 0.5) is 5.69 Å². The van der Waals surface area contributed by atoms with Gasteiger partial charge < -0.3 is 16.5 Å². The van der Waals surface area contributed by atoms with E-state index in [1.807, 2.05) is 12.1 Å². The van der Waals surface area contributed by atoms with E-state index in [1.165, 1.54) is 22.0 Å². The Morgan fingerprint density at radius 1 is 1.03 bits per heavy atom. The van der Waals surface area contributed by atoms with Gasteiger partial charge in [0.25, 0.3) is 5.91 Å². The van der Waals surface area contributed by atoms with Crippen molar-refractivity contribution in [3.63, 3.8) is 0 Å². The Balaban J connectivity index is 1.61. The Morgan fingerprint density at radius 3 is 2.26 bits per heavy atom. The Labute approximate surface area is 185 Å². The zero-order chi connectivity index (χ0) is 22.6. The number of nitrogens with one attached hydrogen (secondary N) is 2. The molecule has 8 nitrogen and oxygen atoms in total. The summed E-state index contributed by atoms with van der Waals surface area (Å²) in [5, 5.41) is 14.1. The molecule has 0 unspecified atom stereocenters. The van der Waals surface area contributed by atoms with Crippen LogP contribution in [0.5, 0.6) is 0 Å². The molecular formula is C22H26N6O2S. The highest BCUT2D eigenvalue weighted by Crippen LogP contribution is 2.26. The highest BCUT2D eigenvalue weighted by molar-refractivity contribution is 7.99. The van der Waals surface area contributed by atoms with Crippen LogP contribution in [0.2, 0.25) is 0 Å². The zero-order valence-corrected chi connectivity index (χ0v) is 18.8. The lowest BCUT2D eigenvalue weighted by Crippen LogP contribution is -2.18. The Hall–Kier alpha value is -3.33. The van der Waals surface area contributed by atoms with E-state index >= 15 is 0 Å². The second-order valence-electron chi connectivity index (χ2n) is 8.00. The number of hydrogen-bond acceptors (Lipinski definition) is 6. The highest BCUT2D eigenvalue weighted by Gasteiger charge is 2.16. The average molecular weight is 439 g/mol. The largest absolute Gasteiger partial charge is 0.355 e. The van der Waals surface area contributed by atoms with Gasteiger partial charge in [-0.2, -0.15) is 0 Å². The summed E-state index contributed by atoms with van der Waals surface area (Å²) in [7, 11) is 1.57. The number of thioether (sulfide) groups is 1. The molecule has 9 heteroatoms. The number of carbonyl (C=O) groups is 2. The Morgan fingerprint density at radius 2 is 1.68 bits per heavy atom. The van der Waals surface area contributed by atoms with Crippen LogP contribution in [0, 0.1) is 0 Å². The molecule has 162 valence electrons. The number of benzene rings is 2. The molecule has 0 atom stereocenters. The minimum atomic E-state index is -0.211.